The van der Waals surface area contributed by atoms with E-state index in [1.54, 1.807) is 0 Å². The van der Waals surface area contributed by atoms with E-state index in [-0.39, 0.29) is 12.3 Å². The van der Waals surface area contributed by atoms with Gasteiger partial charge in [-0.25, -0.2) is 0 Å². The Morgan fingerprint density at radius 3 is 1.93 bits per heavy atom. The summed E-state index contributed by atoms with van der Waals surface area (Å²) in [6.45, 7) is 4.90. The van der Waals surface area contributed by atoms with Gasteiger partial charge in [0.15, 0.2) is 0 Å². The lowest BCUT2D eigenvalue weighted by Crippen LogP contribution is -2.59. The number of anilines is 3. The van der Waals surface area contributed by atoms with Crippen molar-refractivity contribution in [2.75, 3.05) is 4.90 Å². The number of para-hydroxylation sites is 3. The largest absolute Gasteiger partial charge is 0.378 e. The molecule has 2 aromatic heterocycles. The van der Waals surface area contributed by atoms with E-state index in [4.69, 9.17) is 0 Å². The lowest BCUT2D eigenvalue weighted by Gasteiger charge is -2.50. The molecule has 0 unspecified atom stereocenters. The molecule has 0 saturated heterocycles. The molecule has 15 rings (SSSR count). The number of thiophene rings is 1. The standard InChI is InChI=1S/C54H33BN2S/c1-53(2)37-21-7-5-18-33(37)46-34-19-13-20-35-47-48-44(29-36-32-17-6-12-28-45(32)58-51(36)47)56-43-27-11-10-24-40(43)54(38-22-8-3-15-30(38)31-16-4-9-23-39(31)54)41-25-14-26-42(50(41)56)55(48)57(49(34)35)52(46)53/h3-29H,1-2H3. The minimum absolute atomic E-state index is 0.0187. The first-order valence-electron chi connectivity index (χ1n) is 20.6. The van der Waals surface area contributed by atoms with Gasteiger partial charge in [-0.2, -0.15) is 0 Å². The average molecular weight is 753 g/mol. The number of hydrogen-bond acceptors (Lipinski definition) is 2. The van der Waals surface area contributed by atoms with Crippen LogP contribution in [0.3, 0.4) is 0 Å². The third kappa shape index (κ3) is 3.12. The van der Waals surface area contributed by atoms with Gasteiger partial charge >= 0.3 is 6.85 Å². The number of hydrogen-bond donors (Lipinski definition) is 0. The van der Waals surface area contributed by atoms with Crippen molar-refractivity contribution in [1.82, 2.24) is 4.48 Å². The quantitative estimate of drug-likeness (QED) is 0.140. The topological polar surface area (TPSA) is 8.17 Å². The Bertz CT molecular complexity index is 3540. The third-order valence-electron chi connectivity index (χ3n) is 14.7. The minimum Gasteiger partial charge on any atom is -0.378 e. The van der Waals surface area contributed by atoms with Crippen molar-refractivity contribution in [3.63, 3.8) is 0 Å². The van der Waals surface area contributed by atoms with Crippen molar-refractivity contribution < 1.29 is 0 Å². The number of fused-ring (bicyclic) bond motifs is 22. The number of aromatic nitrogens is 1. The van der Waals surface area contributed by atoms with Crippen molar-refractivity contribution in [2.24, 2.45) is 0 Å². The van der Waals surface area contributed by atoms with E-state index < -0.39 is 5.41 Å². The van der Waals surface area contributed by atoms with E-state index in [0.29, 0.717) is 0 Å². The Morgan fingerprint density at radius 1 is 0.500 bits per heavy atom. The van der Waals surface area contributed by atoms with Gasteiger partial charge in [0, 0.05) is 70.2 Å². The molecule has 5 heterocycles. The first kappa shape index (κ1) is 30.5. The van der Waals surface area contributed by atoms with E-state index in [1.807, 2.05) is 11.3 Å². The monoisotopic (exact) mass is 752 g/mol. The second-order valence-electron chi connectivity index (χ2n) is 17.5. The normalized spacial score (nSPS) is 16.0. The molecule has 8 aromatic carbocycles. The first-order chi connectivity index (χ1) is 28.6. The summed E-state index contributed by atoms with van der Waals surface area (Å²) in [7, 11) is 0. The van der Waals surface area contributed by atoms with E-state index in [2.05, 4.69) is 187 Å². The Hall–Kier alpha value is -6.62. The molecule has 0 bridgehead atoms. The molecular formula is C54H33BN2S. The molecule has 4 heteroatoms. The van der Waals surface area contributed by atoms with Crippen LogP contribution >= 0.6 is 11.3 Å². The Kier molecular flexibility index (Phi) is 5.21. The summed E-state index contributed by atoms with van der Waals surface area (Å²) in [5.74, 6) is 0. The predicted molar refractivity (Wildman–Crippen MR) is 244 cm³/mol. The van der Waals surface area contributed by atoms with E-state index in [9.17, 15) is 0 Å². The highest BCUT2D eigenvalue weighted by Gasteiger charge is 2.56. The van der Waals surface area contributed by atoms with Crippen LogP contribution in [-0.2, 0) is 10.8 Å². The van der Waals surface area contributed by atoms with Crippen molar-refractivity contribution in [2.45, 2.75) is 24.7 Å². The summed E-state index contributed by atoms with van der Waals surface area (Å²) in [6.07, 6.45) is 0. The second kappa shape index (κ2) is 9.90. The maximum absolute atomic E-state index is 2.82. The van der Waals surface area contributed by atoms with Gasteiger partial charge in [0.2, 0.25) is 0 Å². The zero-order valence-corrected chi connectivity index (χ0v) is 32.8. The molecule has 0 N–H and O–H groups in total. The van der Waals surface area contributed by atoms with E-state index in [1.165, 1.54) is 126 Å². The van der Waals surface area contributed by atoms with Crippen LogP contribution < -0.4 is 15.8 Å². The van der Waals surface area contributed by atoms with Gasteiger partial charge in [-0.15, -0.1) is 11.3 Å². The SMILES string of the molecule is CC1(C)c2ccccc2-c2c1n1c3c(cccc23)-c2c3c(cc4c2sc2ccccc24)N2c4ccccc4C4(c5ccccc5-c5ccccc54)c4cccc(c42)B31. The van der Waals surface area contributed by atoms with Crippen LogP contribution in [0.4, 0.5) is 17.1 Å². The fourth-order valence-electron chi connectivity index (χ4n) is 12.7. The summed E-state index contributed by atoms with van der Waals surface area (Å²) in [5.41, 5.74) is 23.9. The highest BCUT2D eigenvalue weighted by Crippen LogP contribution is 2.65. The highest BCUT2D eigenvalue weighted by atomic mass is 32.1. The molecule has 2 aliphatic carbocycles. The second-order valence-corrected chi connectivity index (χ2v) is 18.5. The van der Waals surface area contributed by atoms with Crippen molar-refractivity contribution in [1.29, 1.82) is 0 Å². The van der Waals surface area contributed by atoms with Crippen LogP contribution in [0.1, 0.15) is 47.4 Å². The van der Waals surface area contributed by atoms with Gasteiger partial charge in [0.05, 0.1) is 11.1 Å². The smallest absolute Gasteiger partial charge is 0.332 e. The summed E-state index contributed by atoms with van der Waals surface area (Å²) in [4.78, 5) is 2.69. The van der Waals surface area contributed by atoms with Crippen LogP contribution in [0.15, 0.2) is 164 Å². The van der Waals surface area contributed by atoms with Crippen molar-refractivity contribution >= 4 is 77.2 Å². The van der Waals surface area contributed by atoms with Crippen LogP contribution in [0.5, 0.6) is 0 Å². The molecule has 0 fully saturated rings. The summed E-state index contributed by atoms with van der Waals surface area (Å²) in [6, 6.07) is 62.9. The molecule has 0 atom stereocenters. The predicted octanol–water partition coefficient (Wildman–Crippen LogP) is 12.4. The third-order valence-corrected chi connectivity index (χ3v) is 15.9. The van der Waals surface area contributed by atoms with Crippen LogP contribution in [0.25, 0.3) is 64.5 Å². The van der Waals surface area contributed by atoms with Gasteiger partial charge < -0.3 is 9.38 Å². The van der Waals surface area contributed by atoms with Crippen LogP contribution in [0, 0.1) is 0 Å². The molecule has 268 valence electrons. The van der Waals surface area contributed by atoms with Gasteiger partial charge in [-0.05, 0) is 73.6 Å². The maximum Gasteiger partial charge on any atom is 0.332 e. The Balaban J connectivity index is 1.18. The van der Waals surface area contributed by atoms with Crippen LogP contribution in [-0.4, -0.2) is 11.3 Å². The molecule has 58 heavy (non-hydrogen) atoms. The molecule has 2 nitrogen and oxygen atoms in total. The first-order valence-corrected chi connectivity index (χ1v) is 21.4. The van der Waals surface area contributed by atoms with E-state index >= 15 is 0 Å². The summed E-state index contributed by atoms with van der Waals surface area (Å²) >= 11 is 1.96. The zero-order chi connectivity index (χ0) is 37.8. The molecule has 5 aliphatic rings. The summed E-state index contributed by atoms with van der Waals surface area (Å²) < 4.78 is 5.56. The average Bonchev–Trinajstić information content (AvgIpc) is 3.97. The van der Waals surface area contributed by atoms with Gasteiger partial charge in [0.25, 0.3) is 0 Å². The fourth-order valence-corrected chi connectivity index (χ4v) is 14.0. The fraction of sp³-hybridized carbons (Fsp3) is 0.0741. The van der Waals surface area contributed by atoms with Gasteiger partial charge in [-0.3, -0.25) is 0 Å². The zero-order valence-electron chi connectivity index (χ0n) is 32.0. The van der Waals surface area contributed by atoms with Crippen LogP contribution in [0.2, 0.25) is 0 Å². The molecule has 0 amide bonds. The summed E-state index contributed by atoms with van der Waals surface area (Å²) in [5, 5.41) is 4.05. The molecular weight excluding hydrogens is 719 g/mol. The molecule has 1 spiro atoms. The molecule has 0 radical (unpaired) electrons. The molecule has 10 aromatic rings. The lowest BCUT2D eigenvalue weighted by molar-refractivity contribution is 0.632. The van der Waals surface area contributed by atoms with Crippen molar-refractivity contribution in [3.05, 3.63) is 197 Å². The highest BCUT2D eigenvalue weighted by molar-refractivity contribution is 7.26. The van der Waals surface area contributed by atoms with Gasteiger partial charge in [0.1, 0.15) is 0 Å². The molecule has 3 aliphatic heterocycles. The minimum atomic E-state index is -0.471. The van der Waals surface area contributed by atoms with Gasteiger partial charge in [-0.1, -0.05) is 159 Å². The Morgan fingerprint density at radius 2 is 1.12 bits per heavy atom. The van der Waals surface area contributed by atoms with E-state index in [0.717, 1.165) is 0 Å². The molecule has 0 saturated carbocycles. The number of rotatable bonds is 0. The lowest BCUT2D eigenvalue weighted by atomic mass is 9.43. The Labute approximate surface area is 340 Å². The maximum atomic E-state index is 2.82. The van der Waals surface area contributed by atoms with Crippen molar-refractivity contribution in [3.8, 4) is 33.4 Å². The number of benzene rings is 8. The number of nitrogens with zero attached hydrogens (tertiary/aromatic N) is 2.